The third-order valence-corrected chi connectivity index (χ3v) is 3.39. The van der Waals surface area contributed by atoms with Crippen LogP contribution in [0.15, 0.2) is 59.7 Å². The summed E-state index contributed by atoms with van der Waals surface area (Å²) in [7, 11) is 0. The van der Waals surface area contributed by atoms with Gasteiger partial charge in [-0.05, 0) is 49.6 Å². The molecule has 132 valence electrons. The quantitative estimate of drug-likeness (QED) is 0.304. The summed E-state index contributed by atoms with van der Waals surface area (Å²) in [6.45, 7) is 2.82. The number of unbranched alkanes of at least 4 members (excludes halogenated alkanes) is 1. The van der Waals surface area contributed by atoms with E-state index in [9.17, 15) is 4.79 Å². The molecule has 5 nitrogen and oxygen atoms in total. The Morgan fingerprint density at radius 2 is 1.96 bits per heavy atom. The van der Waals surface area contributed by atoms with Crippen LogP contribution in [0.3, 0.4) is 0 Å². The maximum absolute atomic E-state index is 11.2. The molecule has 2 aromatic carbocycles. The number of hydrogen-bond acceptors (Lipinski definition) is 5. The van der Waals surface area contributed by atoms with Crippen molar-refractivity contribution in [1.82, 2.24) is 0 Å². The largest absolute Gasteiger partial charge is 0.494 e. The number of anilines is 1. The number of rotatable bonds is 10. The van der Waals surface area contributed by atoms with E-state index in [-0.39, 0.29) is 5.97 Å². The summed E-state index contributed by atoms with van der Waals surface area (Å²) >= 11 is 0. The average Bonchev–Trinajstić information content (AvgIpc) is 2.63. The lowest BCUT2D eigenvalue weighted by Gasteiger charge is -2.07. The van der Waals surface area contributed by atoms with Crippen molar-refractivity contribution < 1.29 is 14.3 Å². The van der Waals surface area contributed by atoms with Gasteiger partial charge < -0.3 is 9.47 Å². The van der Waals surface area contributed by atoms with Crippen LogP contribution in [0, 0.1) is 0 Å². The highest BCUT2D eigenvalue weighted by molar-refractivity contribution is 5.80. The Morgan fingerprint density at radius 1 is 1.12 bits per heavy atom. The van der Waals surface area contributed by atoms with Crippen molar-refractivity contribution in [2.75, 3.05) is 18.6 Å². The Labute approximate surface area is 148 Å². The highest BCUT2D eigenvalue weighted by atomic mass is 16.5. The van der Waals surface area contributed by atoms with Gasteiger partial charge in [0.25, 0.3) is 0 Å². The fourth-order valence-corrected chi connectivity index (χ4v) is 2.17. The van der Waals surface area contributed by atoms with Crippen LogP contribution in [0.2, 0.25) is 0 Å². The molecule has 2 rings (SSSR count). The van der Waals surface area contributed by atoms with Gasteiger partial charge in [-0.25, -0.2) is 0 Å². The highest BCUT2D eigenvalue weighted by Gasteiger charge is 2.01. The van der Waals surface area contributed by atoms with E-state index >= 15 is 0 Å². The molecule has 0 aliphatic carbocycles. The third-order valence-electron chi connectivity index (χ3n) is 3.39. The molecule has 0 aliphatic rings. The van der Waals surface area contributed by atoms with E-state index < -0.39 is 0 Å². The molecule has 0 saturated carbocycles. The molecule has 1 N–H and O–H groups in total. The van der Waals surface area contributed by atoms with Crippen LogP contribution in [0.4, 0.5) is 5.69 Å². The summed E-state index contributed by atoms with van der Waals surface area (Å²) < 4.78 is 10.6. The predicted octanol–water partition coefficient (Wildman–Crippen LogP) is 4.24. The Kier molecular flexibility index (Phi) is 8.05. The first-order valence-corrected chi connectivity index (χ1v) is 8.50. The number of esters is 1. The molecule has 25 heavy (non-hydrogen) atoms. The van der Waals surface area contributed by atoms with Crippen molar-refractivity contribution in [3.63, 3.8) is 0 Å². The van der Waals surface area contributed by atoms with Gasteiger partial charge in [0, 0.05) is 6.42 Å². The SMILES string of the molecule is CCOC(=O)CCCCOc1cccc(C=NNc2ccccc2)c1. The zero-order valence-corrected chi connectivity index (χ0v) is 14.5. The van der Waals surface area contributed by atoms with Crippen molar-refractivity contribution in [1.29, 1.82) is 0 Å². The lowest BCUT2D eigenvalue weighted by molar-refractivity contribution is -0.143. The Hall–Kier alpha value is -2.82. The molecular formula is C20H24N2O3. The molecular weight excluding hydrogens is 316 g/mol. The van der Waals surface area contributed by atoms with Gasteiger partial charge in [-0.15, -0.1) is 0 Å². The number of ether oxygens (including phenoxy) is 2. The zero-order valence-electron chi connectivity index (χ0n) is 14.5. The van der Waals surface area contributed by atoms with Crippen molar-refractivity contribution in [3.8, 4) is 5.75 Å². The van der Waals surface area contributed by atoms with Crippen LogP contribution < -0.4 is 10.2 Å². The normalized spacial score (nSPS) is 10.6. The Balaban J connectivity index is 1.72. The molecule has 0 bridgehead atoms. The number of carbonyl (C=O) groups excluding carboxylic acids is 1. The summed E-state index contributed by atoms with van der Waals surface area (Å²) in [6.07, 6.45) is 3.77. The van der Waals surface area contributed by atoms with Crippen LogP contribution in [0.5, 0.6) is 5.75 Å². The molecule has 0 amide bonds. The number of hydrazone groups is 1. The number of hydrogen-bond donors (Lipinski definition) is 1. The van der Waals surface area contributed by atoms with Gasteiger partial charge in [0.15, 0.2) is 0 Å². The molecule has 0 unspecified atom stereocenters. The number of nitrogens with zero attached hydrogens (tertiary/aromatic N) is 1. The third kappa shape index (κ3) is 7.52. The van der Waals surface area contributed by atoms with E-state index in [2.05, 4.69) is 10.5 Å². The van der Waals surface area contributed by atoms with Gasteiger partial charge in [-0.1, -0.05) is 30.3 Å². The average molecular weight is 340 g/mol. The van der Waals surface area contributed by atoms with Gasteiger partial charge in [0.2, 0.25) is 0 Å². The van der Waals surface area contributed by atoms with Gasteiger partial charge in [0.05, 0.1) is 25.1 Å². The fourth-order valence-electron chi connectivity index (χ4n) is 2.17. The van der Waals surface area contributed by atoms with E-state index in [1.165, 1.54) is 0 Å². The van der Waals surface area contributed by atoms with Gasteiger partial charge in [0.1, 0.15) is 5.75 Å². The molecule has 0 fully saturated rings. The first kappa shape index (κ1) is 18.5. The van der Waals surface area contributed by atoms with Crippen molar-refractivity contribution >= 4 is 17.9 Å². The first-order valence-electron chi connectivity index (χ1n) is 8.50. The number of para-hydroxylation sites is 1. The van der Waals surface area contributed by atoms with Crippen LogP contribution in [0.1, 0.15) is 31.7 Å². The van der Waals surface area contributed by atoms with Gasteiger partial charge in [-0.3, -0.25) is 10.2 Å². The van der Waals surface area contributed by atoms with Crippen LogP contribution >= 0.6 is 0 Å². The predicted molar refractivity (Wildman–Crippen MR) is 100 cm³/mol. The van der Waals surface area contributed by atoms with Crippen molar-refractivity contribution in [2.45, 2.75) is 26.2 Å². The van der Waals surface area contributed by atoms with E-state index in [4.69, 9.17) is 9.47 Å². The minimum absolute atomic E-state index is 0.147. The molecule has 5 heteroatoms. The van der Waals surface area contributed by atoms with Crippen LogP contribution in [0.25, 0.3) is 0 Å². The monoisotopic (exact) mass is 340 g/mol. The number of carbonyl (C=O) groups is 1. The smallest absolute Gasteiger partial charge is 0.305 e. The zero-order chi connectivity index (χ0) is 17.7. The number of nitrogens with one attached hydrogen (secondary N) is 1. The Morgan fingerprint density at radius 3 is 2.76 bits per heavy atom. The summed E-state index contributed by atoms with van der Waals surface area (Å²) in [5.74, 6) is 0.645. The second kappa shape index (κ2) is 10.9. The second-order valence-electron chi connectivity index (χ2n) is 5.42. The molecule has 0 spiro atoms. The Bertz CT molecular complexity index is 672. The second-order valence-corrected chi connectivity index (χ2v) is 5.42. The first-order chi connectivity index (χ1) is 12.3. The summed E-state index contributed by atoms with van der Waals surface area (Å²) in [5, 5.41) is 4.22. The highest BCUT2D eigenvalue weighted by Crippen LogP contribution is 2.13. The van der Waals surface area contributed by atoms with E-state index in [1.54, 1.807) is 6.21 Å². The molecule has 2 aromatic rings. The molecule has 0 saturated heterocycles. The minimum atomic E-state index is -0.147. The standard InChI is InChI=1S/C20H24N2O3/c1-2-24-20(23)13-6-7-14-25-19-12-8-9-17(15-19)16-21-22-18-10-4-3-5-11-18/h3-5,8-12,15-16,22H,2,6-7,13-14H2,1H3. The van der Waals surface area contributed by atoms with E-state index in [0.717, 1.165) is 29.8 Å². The summed E-state index contributed by atoms with van der Waals surface area (Å²) in [5.41, 5.74) is 4.87. The van der Waals surface area contributed by atoms with E-state index in [1.807, 2.05) is 61.5 Å². The lowest BCUT2D eigenvalue weighted by Crippen LogP contribution is -2.05. The van der Waals surface area contributed by atoms with E-state index in [0.29, 0.717) is 19.6 Å². The van der Waals surface area contributed by atoms with Crippen LogP contribution in [-0.2, 0) is 9.53 Å². The summed E-state index contributed by atoms with van der Waals surface area (Å²) in [4.78, 5) is 11.2. The van der Waals surface area contributed by atoms with Crippen molar-refractivity contribution in [3.05, 3.63) is 60.2 Å². The minimum Gasteiger partial charge on any atom is -0.494 e. The maximum Gasteiger partial charge on any atom is 0.305 e. The molecule has 0 heterocycles. The maximum atomic E-state index is 11.2. The molecule has 0 atom stereocenters. The van der Waals surface area contributed by atoms with Crippen molar-refractivity contribution in [2.24, 2.45) is 5.10 Å². The topological polar surface area (TPSA) is 59.9 Å². The molecule has 0 aromatic heterocycles. The number of benzene rings is 2. The summed E-state index contributed by atoms with van der Waals surface area (Å²) in [6, 6.07) is 17.5. The van der Waals surface area contributed by atoms with Crippen LogP contribution in [-0.4, -0.2) is 25.4 Å². The molecule has 0 radical (unpaired) electrons. The van der Waals surface area contributed by atoms with Gasteiger partial charge in [-0.2, -0.15) is 5.10 Å². The van der Waals surface area contributed by atoms with Gasteiger partial charge >= 0.3 is 5.97 Å². The fraction of sp³-hybridized carbons (Fsp3) is 0.300. The lowest BCUT2D eigenvalue weighted by atomic mass is 10.2. The molecule has 0 aliphatic heterocycles.